The van der Waals surface area contributed by atoms with Crippen LogP contribution in [-0.4, -0.2) is 5.92 Å². The summed E-state index contributed by atoms with van der Waals surface area (Å²) in [7, 11) is 17.3. The Bertz CT molecular complexity index is 1920. The summed E-state index contributed by atoms with van der Waals surface area (Å²) in [5.74, 6) is -0.0411. The normalized spacial score (nSPS) is 20.3. The molecule has 49 heavy (non-hydrogen) atoms. The van der Waals surface area contributed by atoms with Crippen LogP contribution in [0.15, 0.2) is 96.1 Å². The van der Waals surface area contributed by atoms with E-state index < -0.39 is 21.5 Å². The Hall–Kier alpha value is -1.96. The zero-order valence-electron chi connectivity index (χ0n) is 30.5. The molecule has 0 aromatic heterocycles. The van der Waals surface area contributed by atoms with Crippen molar-refractivity contribution in [2.75, 3.05) is 0 Å². The molecule has 4 aromatic rings. The van der Waals surface area contributed by atoms with Crippen molar-refractivity contribution in [3.05, 3.63) is 129 Å². The fourth-order valence-electron chi connectivity index (χ4n) is 9.58. The van der Waals surface area contributed by atoms with Crippen molar-refractivity contribution in [3.8, 4) is 22.3 Å². The Morgan fingerprint density at radius 2 is 1.16 bits per heavy atom. The van der Waals surface area contributed by atoms with Crippen molar-refractivity contribution in [2.45, 2.75) is 98.9 Å². The second-order valence-electron chi connectivity index (χ2n) is 16.3. The summed E-state index contributed by atoms with van der Waals surface area (Å²) in [5, 5.41) is 0. The first kappa shape index (κ1) is 35.4. The van der Waals surface area contributed by atoms with Crippen LogP contribution in [0.25, 0.3) is 34.4 Å². The van der Waals surface area contributed by atoms with Gasteiger partial charge in [-0.1, -0.05) is 0 Å². The second kappa shape index (κ2) is 13.5. The third-order valence-corrected chi connectivity index (χ3v) is 64.4. The van der Waals surface area contributed by atoms with Crippen LogP contribution in [0, 0.1) is 5.92 Å². The van der Waals surface area contributed by atoms with Crippen molar-refractivity contribution in [3.63, 3.8) is 0 Å². The van der Waals surface area contributed by atoms with Crippen LogP contribution < -0.4 is 0 Å². The summed E-state index contributed by atoms with van der Waals surface area (Å²) in [5.41, 5.74) is 16.2. The molecule has 2 atom stereocenters. The van der Waals surface area contributed by atoms with Crippen LogP contribution in [0.5, 0.6) is 0 Å². The number of fused-ring (bicyclic) bond motifs is 2. The SMILES string of the molecule is CC1=Cc2c(-c3ccc(C4CCCCC4)cc3)cccc2[CH]1[Zr]([Cl])([Cl])([CH]1C(C(C)C)=Cc2c(-c3ccc(C(C)C)cc3)cccc21)[SiH](C)C. The molecule has 4 heteroatoms. The molecule has 2 unspecified atom stereocenters. The van der Waals surface area contributed by atoms with Crippen molar-refractivity contribution in [2.24, 2.45) is 5.92 Å². The van der Waals surface area contributed by atoms with Gasteiger partial charge < -0.3 is 0 Å². The minimum atomic E-state index is -4.80. The molecule has 3 aliphatic rings. The van der Waals surface area contributed by atoms with Gasteiger partial charge >= 0.3 is 307 Å². The molecule has 1 fully saturated rings. The van der Waals surface area contributed by atoms with Crippen molar-refractivity contribution < 1.29 is 15.6 Å². The Balaban J connectivity index is 1.34. The quantitative estimate of drug-likeness (QED) is 0.156. The van der Waals surface area contributed by atoms with Gasteiger partial charge in [-0.25, -0.2) is 0 Å². The van der Waals surface area contributed by atoms with Gasteiger partial charge in [0.2, 0.25) is 0 Å². The van der Waals surface area contributed by atoms with E-state index in [-0.39, 0.29) is 7.25 Å². The fourth-order valence-corrected chi connectivity index (χ4v) is 41.8. The van der Waals surface area contributed by atoms with E-state index in [4.69, 9.17) is 17.0 Å². The summed E-state index contributed by atoms with van der Waals surface area (Å²) >= 11 is -4.80. The van der Waals surface area contributed by atoms with E-state index in [1.165, 1.54) is 98.9 Å². The molecule has 0 heterocycles. The summed E-state index contributed by atoms with van der Waals surface area (Å²) in [6.07, 6.45) is 11.7. The number of allylic oxidation sites excluding steroid dienone is 2. The molecule has 0 amide bonds. The second-order valence-corrected chi connectivity index (χ2v) is 58.8. The number of rotatable bonds is 8. The number of hydrogen-bond donors (Lipinski definition) is 0. The minimum absolute atomic E-state index is 0.0964. The first-order chi connectivity index (χ1) is 23.4. The standard InChI is InChI=1S/C22H23.C21H23.C2H7Si.2ClH.Zr/c1-16-14-20-8-5-9-21(22(20)15-16)19-12-10-18(11-13-19)17-6-3-2-4-7-17;1-14(2)16-8-10-17(11-9-16)20-7-5-6-18-12-19(15(3)4)13-21(18)20;1-3-2;;;/h5,8-15,17H,2-4,6-7H2,1H3;5-15H,1-4H3;3H,1-2H3;2*1H;/q;;;;;+2/p-2. The fraction of sp³-hybridized carbons (Fsp3) is 0.378. The van der Waals surface area contributed by atoms with Gasteiger partial charge in [-0.2, -0.15) is 0 Å². The van der Waals surface area contributed by atoms with E-state index in [9.17, 15) is 0 Å². The maximum absolute atomic E-state index is 8.65. The third kappa shape index (κ3) is 6.00. The molecule has 0 saturated heterocycles. The molecule has 0 radical (unpaired) electrons. The van der Waals surface area contributed by atoms with Crippen LogP contribution in [0.2, 0.25) is 13.1 Å². The molecule has 0 nitrogen and oxygen atoms in total. The van der Waals surface area contributed by atoms with Crippen LogP contribution in [0.4, 0.5) is 0 Å². The van der Waals surface area contributed by atoms with Crippen LogP contribution >= 0.6 is 17.0 Å². The van der Waals surface area contributed by atoms with Gasteiger partial charge in [0.25, 0.3) is 0 Å². The van der Waals surface area contributed by atoms with Gasteiger partial charge in [0.1, 0.15) is 0 Å². The number of halogens is 2. The van der Waals surface area contributed by atoms with E-state index in [0.717, 1.165) is 0 Å². The van der Waals surface area contributed by atoms with Gasteiger partial charge in [0, 0.05) is 0 Å². The summed E-state index contributed by atoms with van der Waals surface area (Å²) in [6, 6.07) is 32.5. The van der Waals surface area contributed by atoms with Crippen molar-refractivity contribution in [1.29, 1.82) is 0 Å². The Kier molecular flexibility index (Phi) is 9.80. The molecular formula is C45H53Cl2SiZr. The first-order valence-corrected chi connectivity index (χ1v) is 35.1. The zero-order chi connectivity index (χ0) is 34.7. The summed E-state index contributed by atoms with van der Waals surface area (Å²) in [6.45, 7) is 16.4. The molecule has 3 aliphatic carbocycles. The molecule has 0 spiro atoms. The molecule has 4 aromatic carbocycles. The Morgan fingerprint density at radius 3 is 1.69 bits per heavy atom. The predicted molar refractivity (Wildman–Crippen MR) is 216 cm³/mol. The van der Waals surface area contributed by atoms with E-state index in [0.29, 0.717) is 17.8 Å². The monoisotopic (exact) mass is 781 g/mol. The summed E-state index contributed by atoms with van der Waals surface area (Å²) in [4.78, 5) is 0. The molecule has 0 aliphatic heterocycles. The van der Waals surface area contributed by atoms with E-state index in [2.05, 4.69) is 145 Å². The zero-order valence-corrected chi connectivity index (χ0v) is 35.6. The van der Waals surface area contributed by atoms with Gasteiger partial charge in [-0.15, -0.1) is 0 Å². The van der Waals surface area contributed by atoms with E-state index >= 15 is 0 Å². The number of hydrogen-bond acceptors (Lipinski definition) is 0. The predicted octanol–water partition coefficient (Wildman–Crippen LogP) is 14.4. The Morgan fingerprint density at radius 1 is 0.633 bits per heavy atom. The number of benzene rings is 4. The molecule has 255 valence electrons. The van der Waals surface area contributed by atoms with E-state index in [1.807, 2.05) is 0 Å². The molecule has 7 rings (SSSR count). The molecule has 1 saturated carbocycles. The molecular weight excluding hydrogens is 731 g/mol. The molecule has 0 bridgehead atoms. The topological polar surface area (TPSA) is 0 Å². The third-order valence-electron chi connectivity index (χ3n) is 12.4. The van der Waals surface area contributed by atoms with Crippen molar-refractivity contribution in [1.82, 2.24) is 0 Å². The average molecular weight is 784 g/mol. The van der Waals surface area contributed by atoms with Gasteiger partial charge in [0.05, 0.1) is 0 Å². The average Bonchev–Trinajstić information content (AvgIpc) is 3.68. The Labute approximate surface area is 304 Å². The van der Waals surface area contributed by atoms with Crippen LogP contribution in [0.1, 0.15) is 119 Å². The molecule has 0 N–H and O–H groups in total. The van der Waals surface area contributed by atoms with Gasteiger partial charge in [-0.3, -0.25) is 0 Å². The van der Waals surface area contributed by atoms with Gasteiger partial charge in [0.15, 0.2) is 0 Å². The van der Waals surface area contributed by atoms with Crippen LogP contribution in [-0.2, 0) is 15.6 Å². The summed E-state index contributed by atoms with van der Waals surface area (Å²) < 4.78 is 0.194. The van der Waals surface area contributed by atoms with Crippen molar-refractivity contribution >= 4 is 35.1 Å². The first-order valence-electron chi connectivity index (χ1n) is 18.8. The van der Waals surface area contributed by atoms with E-state index in [1.54, 1.807) is 0 Å². The van der Waals surface area contributed by atoms with Gasteiger partial charge in [-0.05, 0) is 0 Å². The maximum atomic E-state index is 8.65. The van der Waals surface area contributed by atoms with Crippen LogP contribution in [0.3, 0.4) is 0 Å².